The van der Waals surface area contributed by atoms with Gasteiger partial charge in [-0.15, -0.1) is 0 Å². The lowest BCUT2D eigenvalue weighted by Gasteiger charge is -2.42. The fraction of sp³-hybridized carbons (Fsp3) is 1.00. The second-order valence-corrected chi connectivity index (χ2v) is 4.66. The molecule has 0 unspecified atom stereocenters. The highest BCUT2D eigenvalue weighted by molar-refractivity contribution is 4.90. The topological polar surface area (TPSA) is 91.6 Å². The maximum Gasteiger partial charge on any atom is 0.186 e. The molecule has 0 radical (unpaired) electrons. The Morgan fingerprint density at radius 3 is 2.39 bits per heavy atom. The van der Waals surface area contributed by atoms with Crippen LogP contribution in [0.4, 0.5) is 0 Å². The van der Waals surface area contributed by atoms with Gasteiger partial charge < -0.3 is 29.5 Å². The molecule has 2 rings (SSSR count). The Balaban J connectivity index is 1.93. The molecule has 2 fully saturated rings. The van der Waals surface area contributed by atoms with Crippen molar-refractivity contribution in [2.24, 2.45) is 0 Å². The van der Waals surface area contributed by atoms with Gasteiger partial charge in [0.05, 0.1) is 13.2 Å². The normalized spacial score (nSPS) is 43.0. The van der Waals surface area contributed by atoms with Crippen molar-refractivity contribution >= 4 is 0 Å². The van der Waals surface area contributed by atoms with Crippen LogP contribution in [-0.2, 0) is 14.2 Å². The van der Waals surface area contributed by atoms with Crippen LogP contribution in [-0.4, -0.2) is 90.9 Å². The summed E-state index contributed by atoms with van der Waals surface area (Å²) in [7, 11) is 1.39. The summed E-state index contributed by atoms with van der Waals surface area (Å²) in [6.07, 6.45) is -5.09. The van der Waals surface area contributed by atoms with Crippen LogP contribution in [0.1, 0.15) is 0 Å². The van der Waals surface area contributed by atoms with Crippen LogP contribution in [0.15, 0.2) is 0 Å². The van der Waals surface area contributed by atoms with Gasteiger partial charge in [-0.2, -0.15) is 0 Å². The van der Waals surface area contributed by atoms with Crippen LogP contribution >= 0.6 is 0 Å². The van der Waals surface area contributed by atoms with Crippen molar-refractivity contribution in [3.63, 3.8) is 0 Å². The summed E-state index contributed by atoms with van der Waals surface area (Å²) in [4.78, 5) is 2.09. The first-order chi connectivity index (χ1) is 8.63. The third-order valence-electron chi connectivity index (χ3n) is 3.44. The number of morpholine rings is 1. The summed E-state index contributed by atoms with van der Waals surface area (Å²) >= 11 is 0. The van der Waals surface area contributed by atoms with E-state index in [-0.39, 0.29) is 0 Å². The zero-order chi connectivity index (χ0) is 13.1. The van der Waals surface area contributed by atoms with E-state index in [1.807, 2.05) is 0 Å². The lowest BCUT2D eigenvalue weighted by Crippen LogP contribution is -2.60. The summed E-state index contributed by atoms with van der Waals surface area (Å²) in [5.74, 6) is 0. The second kappa shape index (κ2) is 6.25. The molecule has 0 aliphatic carbocycles. The highest BCUT2D eigenvalue weighted by Gasteiger charge is 2.44. The standard InChI is InChI=1S/C11H21NO6/c1-16-11-10(15)9(14)8(13)7(18-11)6-12-2-4-17-5-3-12/h7-11,13-15H,2-6H2,1H3/t7-,8+,9+,10-,11+/m1/s1. The molecule has 7 heteroatoms. The summed E-state index contributed by atoms with van der Waals surface area (Å²) < 4.78 is 15.7. The van der Waals surface area contributed by atoms with E-state index in [1.165, 1.54) is 7.11 Å². The highest BCUT2D eigenvalue weighted by atomic mass is 16.7. The average molecular weight is 263 g/mol. The Labute approximate surface area is 106 Å². The maximum atomic E-state index is 9.90. The van der Waals surface area contributed by atoms with E-state index in [0.717, 1.165) is 13.1 Å². The van der Waals surface area contributed by atoms with E-state index in [1.54, 1.807) is 0 Å². The predicted molar refractivity (Wildman–Crippen MR) is 60.9 cm³/mol. The van der Waals surface area contributed by atoms with Crippen LogP contribution in [0, 0.1) is 0 Å². The van der Waals surface area contributed by atoms with Gasteiger partial charge in [0.1, 0.15) is 24.4 Å². The van der Waals surface area contributed by atoms with Crippen molar-refractivity contribution < 1.29 is 29.5 Å². The molecular weight excluding hydrogens is 242 g/mol. The summed E-state index contributed by atoms with van der Waals surface area (Å²) in [6, 6.07) is 0. The van der Waals surface area contributed by atoms with Gasteiger partial charge in [0, 0.05) is 26.7 Å². The number of rotatable bonds is 3. The number of ether oxygens (including phenoxy) is 3. The van der Waals surface area contributed by atoms with E-state index in [0.29, 0.717) is 19.8 Å². The monoisotopic (exact) mass is 263 g/mol. The highest BCUT2D eigenvalue weighted by Crippen LogP contribution is 2.22. The number of aliphatic hydroxyl groups excluding tert-OH is 3. The first-order valence-corrected chi connectivity index (χ1v) is 6.16. The van der Waals surface area contributed by atoms with Gasteiger partial charge in [-0.05, 0) is 0 Å². The smallest absolute Gasteiger partial charge is 0.186 e. The zero-order valence-electron chi connectivity index (χ0n) is 10.4. The Hall–Kier alpha value is -0.280. The van der Waals surface area contributed by atoms with Crippen molar-refractivity contribution in [2.75, 3.05) is 40.0 Å². The molecule has 0 spiro atoms. The van der Waals surface area contributed by atoms with Gasteiger partial charge in [-0.25, -0.2) is 0 Å². The number of aliphatic hydroxyl groups is 3. The third-order valence-corrected chi connectivity index (χ3v) is 3.44. The van der Waals surface area contributed by atoms with Gasteiger partial charge in [0.2, 0.25) is 0 Å². The number of nitrogens with zero attached hydrogens (tertiary/aromatic N) is 1. The second-order valence-electron chi connectivity index (χ2n) is 4.66. The van der Waals surface area contributed by atoms with E-state index in [4.69, 9.17) is 14.2 Å². The molecule has 0 saturated carbocycles. The Morgan fingerprint density at radius 1 is 1.11 bits per heavy atom. The number of hydrogen-bond donors (Lipinski definition) is 3. The molecule has 2 saturated heterocycles. The molecule has 0 aromatic rings. The molecular formula is C11H21NO6. The van der Waals surface area contributed by atoms with E-state index in [9.17, 15) is 15.3 Å². The van der Waals surface area contributed by atoms with Crippen LogP contribution < -0.4 is 0 Å². The fourth-order valence-corrected chi connectivity index (χ4v) is 2.30. The first kappa shape index (κ1) is 14.1. The average Bonchev–Trinajstić information content (AvgIpc) is 2.40. The molecule has 18 heavy (non-hydrogen) atoms. The SMILES string of the molecule is CO[C@H]1O[C@H](CN2CCOCC2)[C@H](O)[C@H](O)[C@H]1O. The molecule has 106 valence electrons. The van der Waals surface area contributed by atoms with Gasteiger partial charge >= 0.3 is 0 Å². The van der Waals surface area contributed by atoms with Gasteiger partial charge in [-0.3, -0.25) is 4.90 Å². The van der Waals surface area contributed by atoms with Crippen molar-refractivity contribution in [1.29, 1.82) is 0 Å². The lowest BCUT2D eigenvalue weighted by molar-refractivity contribution is -0.292. The number of methoxy groups -OCH3 is 1. The molecule has 2 aliphatic rings. The van der Waals surface area contributed by atoms with Crippen LogP contribution in [0.25, 0.3) is 0 Å². The molecule has 5 atom stereocenters. The minimum atomic E-state index is -1.25. The minimum Gasteiger partial charge on any atom is -0.388 e. The molecule has 3 N–H and O–H groups in total. The predicted octanol–water partition coefficient (Wildman–Crippen LogP) is -2.23. The zero-order valence-corrected chi connectivity index (χ0v) is 10.4. The Kier molecular flexibility index (Phi) is 4.91. The quantitative estimate of drug-likeness (QED) is 0.531. The van der Waals surface area contributed by atoms with Crippen LogP contribution in [0.2, 0.25) is 0 Å². The van der Waals surface area contributed by atoms with Crippen molar-refractivity contribution in [2.45, 2.75) is 30.7 Å². The van der Waals surface area contributed by atoms with Crippen molar-refractivity contribution in [3.05, 3.63) is 0 Å². The molecule has 0 aromatic carbocycles. The first-order valence-electron chi connectivity index (χ1n) is 6.16. The molecule has 0 bridgehead atoms. The van der Waals surface area contributed by atoms with Crippen molar-refractivity contribution in [1.82, 2.24) is 4.90 Å². The Bertz CT molecular complexity index is 258. The summed E-state index contributed by atoms with van der Waals surface area (Å²) in [5.41, 5.74) is 0. The molecule has 0 aromatic heterocycles. The van der Waals surface area contributed by atoms with Crippen LogP contribution in [0.5, 0.6) is 0 Å². The molecule has 2 heterocycles. The van der Waals surface area contributed by atoms with E-state index < -0.39 is 30.7 Å². The van der Waals surface area contributed by atoms with E-state index in [2.05, 4.69) is 4.90 Å². The van der Waals surface area contributed by atoms with Gasteiger partial charge in [0.25, 0.3) is 0 Å². The summed E-state index contributed by atoms with van der Waals surface area (Å²) in [5, 5.41) is 29.3. The maximum absolute atomic E-state index is 9.90. The van der Waals surface area contributed by atoms with Crippen LogP contribution in [0.3, 0.4) is 0 Å². The largest absolute Gasteiger partial charge is 0.388 e. The fourth-order valence-electron chi connectivity index (χ4n) is 2.30. The molecule has 0 amide bonds. The van der Waals surface area contributed by atoms with E-state index >= 15 is 0 Å². The van der Waals surface area contributed by atoms with Gasteiger partial charge in [-0.1, -0.05) is 0 Å². The minimum absolute atomic E-state index is 0.480. The van der Waals surface area contributed by atoms with Crippen molar-refractivity contribution in [3.8, 4) is 0 Å². The van der Waals surface area contributed by atoms with Gasteiger partial charge in [0.15, 0.2) is 6.29 Å². The molecule has 2 aliphatic heterocycles. The third kappa shape index (κ3) is 3.00. The summed E-state index contributed by atoms with van der Waals surface area (Å²) in [6.45, 7) is 3.32. The lowest BCUT2D eigenvalue weighted by atomic mass is 9.98. The molecule has 7 nitrogen and oxygen atoms in total. The Morgan fingerprint density at radius 2 is 1.78 bits per heavy atom. The number of hydrogen-bond acceptors (Lipinski definition) is 7.